The highest BCUT2D eigenvalue weighted by Gasteiger charge is 2.30. The predicted molar refractivity (Wildman–Crippen MR) is 89.8 cm³/mol. The number of nitrogens with zero attached hydrogens (tertiary/aromatic N) is 2. The molecule has 25 heavy (non-hydrogen) atoms. The Kier molecular flexibility index (Phi) is 6.57. The van der Waals surface area contributed by atoms with Gasteiger partial charge in [-0.25, -0.2) is 0 Å². The van der Waals surface area contributed by atoms with Crippen molar-refractivity contribution in [2.75, 3.05) is 26.8 Å². The van der Waals surface area contributed by atoms with Crippen LogP contribution in [0.2, 0.25) is 0 Å². The molecule has 2 aromatic rings. The molecule has 0 radical (unpaired) electrons. The van der Waals surface area contributed by atoms with Crippen molar-refractivity contribution in [3.05, 3.63) is 59.7 Å². The summed E-state index contributed by atoms with van der Waals surface area (Å²) in [6.07, 6.45) is -4.25. The highest BCUT2D eigenvalue weighted by atomic mass is 19.4. The summed E-state index contributed by atoms with van der Waals surface area (Å²) in [5.74, 6) is 0. The molecule has 0 unspecified atom stereocenters. The van der Waals surface area contributed by atoms with Crippen LogP contribution in [0.1, 0.15) is 11.1 Å². The van der Waals surface area contributed by atoms with Gasteiger partial charge in [0.05, 0.1) is 24.8 Å². The highest BCUT2D eigenvalue weighted by Crippen LogP contribution is 2.24. The molecule has 2 rings (SSSR count). The fourth-order valence-corrected chi connectivity index (χ4v) is 2.57. The van der Waals surface area contributed by atoms with Crippen molar-refractivity contribution in [1.82, 2.24) is 4.90 Å². The number of alkyl halides is 3. The van der Waals surface area contributed by atoms with Gasteiger partial charge in [0.15, 0.2) is 0 Å². The van der Waals surface area contributed by atoms with E-state index in [1.807, 2.05) is 24.3 Å². The molecular formula is C19H19F3N2O. The quantitative estimate of drug-likeness (QED) is 0.751. The zero-order valence-corrected chi connectivity index (χ0v) is 13.9. The first-order valence-corrected chi connectivity index (χ1v) is 7.79. The molecule has 0 amide bonds. The van der Waals surface area contributed by atoms with Gasteiger partial charge in [0, 0.05) is 20.2 Å². The number of hydrogen-bond acceptors (Lipinski definition) is 3. The smallest absolute Gasteiger partial charge is 0.383 e. The Bertz CT molecular complexity index is 721. The maximum absolute atomic E-state index is 12.7. The van der Waals surface area contributed by atoms with Gasteiger partial charge in [-0.1, -0.05) is 42.5 Å². The molecule has 132 valence electrons. The first-order chi connectivity index (χ1) is 11.9. The summed E-state index contributed by atoms with van der Waals surface area (Å²) in [7, 11) is 1.47. The number of ether oxygens (including phenoxy) is 1. The molecule has 0 bridgehead atoms. The van der Waals surface area contributed by atoms with Crippen molar-refractivity contribution in [2.24, 2.45) is 0 Å². The molecule has 0 aliphatic heterocycles. The van der Waals surface area contributed by atoms with Crippen molar-refractivity contribution in [2.45, 2.75) is 12.7 Å². The van der Waals surface area contributed by atoms with Crippen molar-refractivity contribution in [1.29, 1.82) is 5.26 Å². The molecule has 6 heteroatoms. The molecule has 0 fully saturated rings. The largest absolute Gasteiger partial charge is 0.401 e. The standard InChI is InChI=1S/C19H19F3N2O/c1-25-11-10-24(14-19(20,21)22)13-15-6-8-16(9-7-15)18-5-3-2-4-17(18)12-23/h2-9H,10-11,13-14H2,1H3. The minimum atomic E-state index is -4.25. The van der Waals surface area contributed by atoms with E-state index in [9.17, 15) is 13.2 Å². The third-order valence-corrected chi connectivity index (χ3v) is 3.73. The van der Waals surface area contributed by atoms with Crippen LogP contribution >= 0.6 is 0 Å². The number of nitriles is 1. The minimum Gasteiger partial charge on any atom is -0.383 e. The molecule has 0 aromatic heterocycles. The van der Waals surface area contributed by atoms with Crippen LogP contribution in [0.4, 0.5) is 13.2 Å². The number of benzene rings is 2. The summed E-state index contributed by atoms with van der Waals surface area (Å²) in [4.78, 5) is 1.31. The van der Waals surface area contributed by atoms with Crippen molar-refractivity contribution < 1.29 is 17.9 Å². The van der Waals surface area contributed by atoms with Crippen molar-refractivity contribution >= 4 is 0 Å². The van der Waals surface area contributed by atoms with E-state index >= 15 is 0 Å². The van der Waals surface area contributed by atoms with Gasteiger partial charge >= 0.3 is 6.18 Å². The molecule has 0 atom stereocenters. The Hall–Kier alpha value is -2.36. The van der Waals surface area contributed by atoms with Crippen LogP contribution in [0.25, 0.3) is 11.1 Å². The van der Waals surface area contributed by atoms with Crippen LogP contribution < -0.4 is 0 Å². The number of rotatable bonds is 7. The second-order valence-corrected chi connectivity index (χ2v) is 5.67. The summed E-state index contributed by atoms with van der Waals surface area (Å²) in [6, 6.07) is 16.6. The highest BCUT2D eigenvalue weighted by molar-refractivity contribution is 5.70. The lowest BCUT2D eigenvalue weighted by Crippen LogP contribution is -2.36. The lowest BCUT2D eigenvalue weighted by Gasteiger charge is -2.23. The Morgan fingerprint density at radius 1 is 1.08 bits per heavy atom. The van der Waals surface area contributed by atoms with E-state index in [0.717, 1.165) is 16.7 Å². The van der Waals surface area contributed by atoms with E-state index in [0.29, 0.717) is 5.56 Å². The van der Waals surface area contributed by atoms with Crippen LogP contribution in [0.3, 0.4) is 0 Å². The van der Waals surface area contributed by atoms with E-state index in [4.69, 9.17) is 10.00 Å². The molecule has 3 nitrogen and oxygen atoms in total. The van der Waals surface area contributed by atoms with Crippen LogP contribution in [0.5, 0.6) is 0 Å². The first-order valence-electron chi connectivity index (χ1n) is 7.79. The lowest BCUT2D eigenvalue weighted by atomic mass is 9.99. The summed E-state index contributed by atoms with van der Waals surface area (Å²) < 4.78 is 43.0. The van der Waals surface area contributed by atoms with Crippen molar-refractivity contribution in [3.63, 3.8) is 0 Å². The summed E-state index contributed by atoms with van der Waals surface area (Å²) >= 11 is 0. The Balaban J connectivity index is 2.13. The molecule has 0 N–H and O–H groups in total. The molecule has 0 heterocycles. The molecule has 2 aromatic carbocycles. The van der Waals surface area contributed by atoms with Crippen molar-refractivity contribution in [3.8, 4) is 17.2 Å². The Labute approximate surface area is 145 Å². The fourth-order valence-electron chi connectivity index (χ4n) is 2.57. The lowest BCUT2D eigenvalue weighted by molar-refractivity contribution is -0.148. The van der Waals surface area contributed by atoms with Crippen LogP contribution in [0.15, 0.2) is 48.5 Å². The number of halogens is 3. The number of hydrogen-bond donors (Lipinski definition) is 0. The van der Waals surface area contributed by atoms with Crippen LogP contribution in [0, 0.1) is 11.3 Å². The van der Waals surface area contributed by atoms with Gasteiger partial charge in [0.2, 0.25) is 0 Å². The molecule has 0 saturated heterocycles. The second kappa shape index (κ2) is 8.65. The van der Waals surface area contributed by atoms with Gasteiger partial charge in [0.25, 0.3) is 0 Å². The monoisotopic (exact) mass is 348 g/mol. The summed E-state index contributed by atoms with van der Waals surface area (Å²) in [6.45, 7) is -0.350. The van der Waals surface area contributed by atoms with Crippen LogP contribution in [-0.4, -0.2) is 37.9 Å². The molecule has 0 saturated carbocycles. The SMILES string of the molecule is COCCN(Cc1ccc(-c2ccccc2C#N)cc1)CC(F)(F)F. The maximum atomic E-state index is 12.7. The van der Waals surface area contributed by atoms with Gasteiger partial charge in [-0.05, 0) is 22.8 Å². The predicted octanol–water partition coefficient (Wildman–Crippen LogP) is 4.24. The van der Waals surface area contributed by atoms with E-state index < -0.39 is 12.7 Å². The second-order valence-electron chi connectivity index (χ2n) is 5.67. The van der Waals surface area contributed by atoms with E-state index in [2.05, 4.69) is 6.07 Å². The average Bonchev–Trinajstić information content (AvgIpc) is 2.59. The summed E-state index contributed by atoms with van der Waals surface area (Å²) in [5.41, 5.74) is 3.01. The Morgan fingerprint density at radius 2 is 1.76 bits per heavy atom. The third kappa shape index (κ3) is 5.89. The molecule has 0 aliphatic rings. The zero-order valence-electron chi connectivity index (χ0n) is 13.9. The summed E-state index contributed by atoms with van der Waals surface area (Å²) in [5, 5.41) is 9.17. The molecule has 0 aliphatic carbocycles. The van der Waals surface area contributed by atoms with Gasteiger partial charge in [-0.3, -0.25) is 4.90 Å². The van der Waals surface area contributed by atoms with E-state index in [1.54, 1.807) is 24.3 Å². The maximum Gasteiger partial charge on any atom is 0.401 e. The van der Waals surface area contributed by atoms with Gasteiger partial charge in [-0.15, -0.1) is 0 Å². The fraction of sp³-hybridized carbons (Fsp3) is 0.316. The van der Waals surface area contributed by atoms with Crippen LogP contribution in [-0.2, 0) is 11.3 Å². The Morgan fingerprint density at radius 3 is 2.36 bits per heavy atom. The average molecular weight is 348 g/mol. The first kappa shape index (κ1) is 19.0. The molecule has 0 spiro atoms. The van der Waals surface area contributed by atoms with E-state index in [1.165, 1.54) is 12.0 Å². The number of methoxy groups -OCH3 is 1. The van der Waals surface area contributed by atoms with E-state index in [-0.39, 0.29) is 19.7 Å². The normalized spacial score (nSPS) is 11.5. The zero-order chi connectivity index (χ0) is 18.3. The van der Waals surface area contributed by atoms with Gasteiger partial charge < -0.3 is 4.74 Å². The topological polar surface area (TPSA) is 36.3 Å². The third-order valence-electron chi connectivity index (χ3n) is 3.73. The minimum absolute atomic E-state index is 0.184. The van der Waals surface area contributed by atoms with Gasteiger partial charge in [0.1, 0.15) is 0 Å². The molecular weight excluding hydrogens is 329 g/mol. The van der Waals surface area contributed by atoms with Gasteiger partial charge in [-0.2, -0.15) is 18.4 Å².